The van der Waals surface area contributed by atoms with Crippen LogP contribution in [0.25, 0.3) is 11.1 Å². The Kier molecular flexibility index (Phi) is 5.03. The Bertz CT molecular complexity index is 940. The van der Waals surface area contributed by atoms with Crippen LogP contribution in [-0.4, -0.2) is 11.8 Å². The van der Waals surface area contributed by atoms with Crippen LogP contribution < -0.4 is 10.9 Å². The molecule has 0 aliphatic heterocycles. The fourth-order valence-corrected chi connectivity index (χ4v) is 4.45. The molecule has 0 saturated heterocycles. The number of rotatable bonds is 4. The van der Waals surface area contributed by atoms with Crippen LogP contribution >= 0.6 is 11.3 Å². The predicted molar refractivity (Wildman–Crippen MR) is 108 cm³/mol. The first kappa shape index (κ1) is 17.5. The Hall–Kier alpha value is -2.92. The highest BCUT2D eigenvalue weighted by atomic mass is 32.1. The van der Waals surface area contributed by atoms with Crippen LogP contribution in [0.3, 0.4) is 0 Å². The van der Waals surface area contributed by atoms with E-state index < -0.39 is 0 Å². The summed E-state index contributed by atoms with van der Waals surface area (Å²) < 4.78 is 0. The zero-order chi connectivity index (χ0) is 18.6. The van der Waals surface area contributed by atoms with Gasteiger partial charge in [0.05, 0.1) is 11.3 Å². The van der Waals surface area contributed by atoms with Gasteiger partial charge in [0.25, 0.3) is 5.91 Å². The van der Waals surface area contributed by atoms with Crippen LogP contribution in [0.4, 0.5) is 0 Å². The molecule has 4 nitrogen and oxygen atoms in total. The maximum atomic E-state index is 12.2. The molecular formula is C22H20N2O2S. The second-order valence-corrected chi connectivity index (χ2v) is 7.79. The van der Waals surface area contributed by atoms with Crippen molar-refractivity contribution in [3.8, 4) is 11.1 Å². The van der Waals surface area contributed by atoms with E-state index in [0.717, 1.165) is 29.5 Å². The van der Waals surface area contributed by atoms with Gasteiger partial charge in [-0.3, -0.25) is 20.4 Å². The van der Waals surface area contributed by atoms with E-state index in [0.29, 0.717) is 4.88 Å². The molecule has 1 aliphatic rings. The maximum absolute atomic E-state index is 12.2. The van der Waals surface area contributed by atoms with Crippen LogP contribution in [0, 0.1) is 0 Å². The Balaban J connectivity index is 1.30. The lowest BCUT2D eigenvalue weighted by atomic mass is 10.0. The molecule has 136 valence electrons. The van der Waals surface area contributed by atoms with E-state index in [4.69, 9.17) is 0 Å². The molecule has 2 N–H and O–H groups in total. The minimum absolute atomic E-state index is 0.219. The molecule has 2 amide bonds. The van der Waals surface area contributed by atoms with Crippen molar-refractivity contribution >= 4 is 23.2 Å². The van der Waals surface area contributed by atoms with Crippen molar-refractivity contribution in [3.05, 3.63) is 81.5 Å². The second kappa shape index (κ2) is 7.76. The third-order valence-electron chi connectivity index (χ3n) is 4.71. The molecule has 0 saturated carbocycles. The first-order valence-corrected chi connectivity index (χ1v) is 9.86. The number of thiophene rings is 1. The molecule has 3 aromatic rings. The first-order valence-electron chi connectivity index (χ1n) is 9.04. The highest BCUT2D eigenvalue weighted by molar-refractivity contribution is 7.14. The number of hydrazine groups is 1. The molecular weight excluding hydrogens is 356 g/mol. The lowest BCUT2D eigenvalue weighted by Crippen LogP contribution is -2.42. The lowest BCUT2D eigenvalue weighted by molar-refractivity contribution is -0.121. The molecule has 0 fully saturated rings. The predicted octanol–water partition coefficient (Wildman–Crippen LogP) is 3.91. The molecule has 0 unspecified atom stereocenters. The minimum Gasteiger partial charge on any atom is -0.273 e. The van der Waals surface area contributed by atoms with E-state index in [1.165, 1.54) is 28.2 Å². The molecule has 1 aromatic heterocycles. The van der Waals surface area contributed by atoms with Crippen molar-refractivity contribution in [3.63, 3.8) is 0 Å². The number of carbonyl (C=O) groups is 2. The van der Waals surface area contributed by atoms with Gasteiger partial charge in [-0.2, -0.15) is 0 Å². The van der Waals surface area contributed by atoms with Crippen LogP contribution in [0.15, 0.2) is 60.7 Å². The lowest BCUT2D eigenvalue weighted by Gasteiger charge is -2.07. The first-order chi connectivity index (χ1) is 13.2. The highest BCUT2D eigenvalue weighted by Crippen LogP contribution is 2.30. The average molecular weight is 376 g/mol. The summed E-state index contributed by atoms with van der Waals surface area (Å²) >= 11 is 1.52. The summed E-state index contributed by atoms with van der Waals surface area (Å²) in [6.07, 6.45) is 3.49. The van der Waals surface area contributed by atoms with Gasteiger partial charge < -0.3 is 0 Å². The number of fused-ring (bicyclic) bond motifs is 1. The molecule has 1 aliphatic carbocycles. The van der Waals surface area contributed by atoms with Gasteiger partial charge in [-0.1, -0.05) is 54.6 Å². The van der Waals surface area contributed by atoms with Crippen LogP contribution in [0.1, 0.15) is 32.1 Å². The summed E-state index contributed by atoms with van der Waals surface area (Å²) in [7, 11) is 0. The van der Waals surface area contributed by atoms with Crippen molar-refractivity contribution in [1.29, 1.82) is 0 Å². The van der Waals surface area contributed by atoms with Gasteiger partial charge in [0.2, 0.25) is 5.91 Å². The van der Waals surface area contributed by atoms with E-state index in [-0.39, 0.29) is 18.2 Å². The number of benzene rings is 2. The Morgan fingerprint density at radius 2 is 1.63 bits per heavy atom. The van der Waals surface area contributed by atoms with Crippen molar-refractivity contribution in [2.24, 2.45) is 0 Å². The van der Waals surface area contributed by atoms with Gasteiger partial charge in [0, 0.05) is 4.88 Å². The van der Waals surface area contributed by atoms with Crippen LogP contribution in [0.2, 0.25) is 0 Å². The largest absolute Gasteiger partial charge is 0.279 e. The van der Waals surface area contributed by atoms with Gasteiger partial charge in [0.15, 0.2) is 0 Å². The van der Waals surface area contributed by atoms with Gasteiger partial charge in [-0.05, 0) is 47.6 Å². The topological polar surface area (TPSA) is 58.2 Å². The number of aryl methyl sites for hydroxylation is 2. The van der Waals surface area contributed by atoms with Crippen molar-refractivity contribution in [2.75, 3.05) is 0 Å². The zero-order valence-electron chi connectivity index (χ0n) is 14.8. The fourth-order valence-electron chi connectivity index (χ4n) is 3.30. The third-order valence-corrected chi connectivity index (χ3v) is 5.95. The summed E-state index contributed by atoms with van der Waals surface area (Å²) in [4.78, 5) is 26.3. The van der Waals surface area contributed by atoms with Crippen molar-refractivity contribution < 1.29 is 9.59 Å². The van der Waals surface area contributed by atoms with E-state index in [2.05, 4.69) is 23.0 Å². The molecule has 0 atom stereocenters. The summed E-state index contributed by atoms with van der Waals surface area (Å²) in [6.45, 7) is 0. The monoisotopic (exact) mass is 376 g/mol. The molecule has 5 heteroatoms. The molecule has 0 radical (unpaired) electrons. The molecule has 4 rings (SSSR count). The van der Waals surface area contributed by atoms with E-state index in [1.54, 1.807) is 0 Å². The van der Waals surface area contributed by atoms with E-state index >= 15 is 0 Å². The molecule has 27 heavy (non-hydrogen) atoms. The molecule has 2 aromatic carbocycles. The van der Waals surface area contributed by atoms with Crippen LogP contribution in [0.5, 0.6) is 0 Å². The zero-order valence-corrected chi connectivity index (χ0v) is 15.6. The second-order valence-electron chi connectivity index (χ2n) is 6.65. The fraction of sp³-hybridized carbons (Fsp3) is 0.182. The Morgan fingerprint density at radius 3 is 2.37 bits per heavy atom. The number of nitrogens with one attached hydrogen (secondary N) is 2. The standard InChI is InChI=1S/C22H20N2O2S/c25-21(23-24-22(26)20-14-18-7-4-8-19(18)27-20)13-15-9-11-17(12-10-15)16-5-2-1-3-6-16/h1-3,5-6,9-12,14H,4,7-8,13H2,(H,23,25)(H,24,26). The Morgan fingerprint density at radius 1 is 0.889 bits per heavy atom. The summed E-state index contributed by atoms with van der Waals surface area (Å²) in [5, 5.41) is 0. The number of amides is 2. The summed E-state index contributed by atoms with van der Waals surface area (Å²) in [6, 6.07) is 19.9. The van der Waals surface area contributed by atoms with Gasteiger partial charge in [0.1, 0.15) is 0 Å². The highest BCUT2D eigenvalue weighted by Gasteiger charge is 2.18. The average Bonchev–Trinajstić information content (AvgIpc) is 3.30. The SMILES string of the molecule is O=C(Cc1ccc(-c2ccccc2)cc1)NNC(=O)c1cc2c(s1)CCC2. The number of hydrogen-bond donors (Lipinski definition) is 2. The maximum Gasteiger partial charge on any atom is 0.279 e. The van der Waals surface area contributed by atoms with Crippen LogP contribution in [-0.2, 0) is 24.1 Å². The summed E-state index contributed by atoms with van der Waals surface area (Å²) in [5.74, 6) is -0.484. The van der Waals surface area contributed by atoms with Crippen molar-refractivity contribution in [1.82, 2.24) is 10.9 Å². The number of hydrogen-bond acceptors (Lipinski definition) is 3. The van der Waals surface area contributed by atoms with Gasteiger partial charge in [-0.15, -0.1) is 11.3 Å². The van der Waals surface area contributed by atoms with Gasteiger partial charge in [-0.25, -0.2) is 0 Å². The molecule has 0 bridgehead atoms. The summed E-state index contributed by atoms with van der Waals surface area (Å²) in [5.41, 5.74) is 9.45. The van der Waals surface area contributed by atoms with Gasteiger partial charge >= 0.3 is 0 Å². The smallest absolute Gasteiger partial charge is 0.273 e. The number of carbonyl (C=O) groups excluding carboxylic acids is 2. The Labute approximate surface area is 162 Å². The minimum atomic E-state index is -0.248. The third kappa shape index (κ3) is 4.09. The normalized spacial score (nSPS) is 12.4. The van der Waals surface area contributed by atoms with E-state index in [9.17, 15) is 9.59 Å². The molecule has 0 spiro atoms. The quantitative estimate of drug-likeness (QED) is 0.679. The molecule has 1 heterocycles. The van der Waals surface area contributed by atoms with E-state index in [1.807, 2.05) is 48.5 Å². The van der Waals surface area contributed by atoms with Crippen molar-refractivity contribution in [2.45, 2.75) is 25.7 Å².